The van der Waals surface area contributed by atoms with Gasteiger partial charge in [-0.05, 0) is 6.42 Å². The van der Waals surface area contributed by atoms with Crippen molar-refractivity contribution in [3.05, 3.63) is 12.2 Å². The summed E-state index contributed by atoms with van der Waals surface area (Å²) in [5.41, 5.74) is 0.520. The van der Waals surface area contributed by atoms with Gasteiger partial charge in [0.15, 0.2) is 0 Å². The maximum Gasteiger partial charge on any atom is 0.358 e. The van der Waals surface area contributed by atoms with Crippen LogP contribution in [0.2, 0.25) is 0 Å². The first kappa shape index (κ1) is 9.60. The van der Waals surface area contributed by atoms with Gasteiger partial charge < -0.3 is 8.54 Å². The summed E-state index contributed by atoms with van der Waals surface area (Å²) in [6.45, 7) is 5.40. The van der Waals surface area contributed by atoms with E-state index in [0.29, 0.717) is 22.5 Å². The highest BCUT2D eigenvalue weighted by Gasteiger charge is 2.03. The zero-order valence-corrected chi connectivity index (χ0v) is 9.76. The summed E-state index contributed by atoms with van der Waals surface area (Å²) in [5.74, 6) is -0.301. The van der Waals surface area contributed by atoms with E-state index < -0.39 is 10.0 Å². The van der Waals surface area contributed by atoms with E-state index in [1.54, 1.807) is 0 Å². The second-order valence-corrected chi connectivity index (χ2v) is 4.63. The molecule has 0 aromatic heterocycles. The quantitative estimate of drug-likeness (QED) is 0.398. The van der Waals surface area contributed by atoms with Crippen LogP contribution in [0.3, 0.4) is 0 Å². The van der Waals surface area contributed by atoms with Crippen LogP contribution in [0, 0.1) is 0 Å². The second-order valence-electron chi connectivity index (χ2n) is 1.80. The third kappa shape index (κ3) is 3.60. The summed E-state index contributed by atoms with van der Waals surface area (Å²) in [6, 6.07) is 0. The fraction of sp³-hybridized carbons (Fsp3) is 0.400. The van der Waals surface area contributed by atoms with E-state index in [-0.39, 0.29) is 5.97 Å². The zero-order valence-electron chi connectivity index (χ0n) is 6.35. The van der Waals surface area contributed by atoms with Gasteiger partial charge in [0.1, 0.15) is 10.5 Å². The normalized spacial score (nSPS) is 10.5. The SMILES string of the molecule is C=C(CC)C(=O)O[SiH2]O[SiH3]. The average Bonchev–Trinajstić information content (AvgIpc) is 1.98. The Balaban J connectivity index is 3.52. The Morgan fingerprint density at radius 1 is 1.80 bits per heavy atom. The van der Waals surface area contributed by atoms with Crippen molar-refractivity contribution in [2.24, 2.45) is 0 Å². The van der Waals surface area contributed by atoms with Crippen LogP contribution in [0.5, 0.6) is 0 Å². The molecule has 0 saturated heterocycles. The molecule has 0 radical (unpaired) electrons. The molecule has 0 spiro atoms. The monoisotopic (exact) mass is 176 g/mol. The predicted octanol–water partition coefficient (Wildman–Crippen LogP) is -1.21. The van der Waals surface area contributed by atoms with Gasteiger partial charge in [0, 0.05) is 5.57 Å². The van der Waals surface area contributed by atoms with E-state index >= 15 is 0 Å². The summed E-state index contributed by atoms with van der Waals surface area (Å²) >= 11 is 0. The van der Waals surface area contributed by atoms with Crippen LogP contribution in [-0.4, -0.2) is 26.5 Å². The topological polar surface area (TPSA) is 35.5 Å². The molecule has 0 atom stereocenters. The smallest absolute Gasteiger partial charge is 0.358 e. The van der Waals surface area contributed by atoms with Crippen molar-refractivity contribution in [1.82, 2.24) is 0 Å². The Morgan fingerprint density at radius 3 is 2.80 bits per heavy atom. The Morgan fingerprint density at radius 2 is 2.40 bits per heavy atom. The van der Waals surface area contributed by atoms with E-state index in [2.05, 4.69) is 6.58 Å². The number of carbonyl (C=O) groups is 1. The molecule has 0 amide bonds. The van der Waals surface area contributed by atoms with Gasteiger partial charge in [-0.1, -0.05) is 13.5 Å². The number of rotatable bonds is 4. The van der Waals surface area contributed by atoms with Gasteiger partial charge in [-0.15, -0.1) is 0 Å². The van der Waals surface area contributed by atoms with E-state index in [1.807, 2.05) is 6.92 Å². The van der Waals surface area contributed by atoms with Crippen LogP contribution in [0.4, 0.5) is 0 Å². The lowest BCUT2D eigenvalue weighted by atomic mass is 10.2. The summed E-state index contributed by atoms with van der Waals surface area (Å²) in [6.07, 6.45) is 0.647. The molecule has 0 aliphatic carbocycles. The maximum atomic E-state index is 10.8. The largest absolute Gasteiger partial charge is 0.497 e. The van der Waals surface area contributed by atoms with Gasteiger partial charge in [-0.3, -0.25) is 0 Å². The van der Waals surface area contributed by atoms with Crippen molar-refractivity contribution in [1.29, 1.82) is 0 Å². The van der Waals surface area contributed by atoms with Crippen LogP contribution in [-0.2, 0) is 13.3 Å². The summed E-state index contributed by atoms with van der Waals surface area (Å²) in [5, 5.41) is 0. The van der Waals surface area contributed by atoms with Gasteiger partial charge in [-0.2, -0.15) is 0 Å². The third-order valence-corrected chi connectivity index (χ3v) is 2.35. The summed E-state index contributed by atoms with van der Waals surface area (Å²) in [4.78, 5) is 10.8. The molecule has 0 aromatic rings. The van der Waals surface area contributed by atoms with Crippen molar-refractivity contribution in [2.75, 3.05) is 0 Å². The van der Waals surface area contributed by atoms with Gasteiger partial charge in [0.25, 0.3) is 0 Å². The van der Waals surface area contributed by atoms with Gasteiger partial charge in [0.05, 0.1) is 0 Å². The Bertz CT molecular complexity index is 135. The van der Waals surface area contributed by atoms with Crippen LogP contribution < -0.4 is 0 Å². The van der Waals surface area contributed by atoms with Gasteiger partial charge in [-0.25, -0.2) is 4.79 Å². The van der Waals surface area contributed by atoms with Crippen LogP contribution >= 0.6 is 0 Å². The van der Waals surface area contributed by atoms with Crippen LogP contribution in [0.25, 0.3) is 0 Å². The first-order valence-corrected chi connectivity index (χ1v) is 5.03. The standard InChI is InChI=1S/C5H12O3Si2/c1-3-4(2)5(6)7-10-8-9/h2-3,10H2,1,9H3. The van der Waals surface area contributed by atoms with Gasteiger partial charge in [0.2, 0.25) is 0 Å². The van der Waals surface area contributed by atoms with E-state index in [9.17, 15) is 4.79 Å². The Labute approximate surface area is 66.0 Å². The van der Waals surface area contributed by atoms with E-state index in [4.69, 9.17) is 8.54 Å². The van der Waals surface area contributed by atoms with Crippen LogP contribution in [0.1, 0.15) is 13.3 Å². The highest BCUT2D eigenvalue weighted by Crippen LogP contribution is 1.97. The molecule has 0 aliphatic heterocycles. The molecular weight excluding hydrogens is 164 g/mol. The molecule has 5 heteroatoms. The highest BCUT2D eigenvalue weighted by atomic mass is 28.3. The van der Waals surface area contributed by atoms with Crippen molar-refractivity contribution in [3.8, 4) is 0 Å². The molecule has 0 N–H and O–H groups in total. The number of hydrogen-bond acceptors (Lipinski definition) is 3. The molecule has 0 fully saturated rings. The minimum Gasteiger partial charge on any atom is -0.497 e. The molecule has 0 unspecified atom stereocenters. The molecule has 0 heterocycles. The van der Waals surface area contributed by atoms with Crippen molar-refractivity contribution < 1.29 is 13.3 Å². The molecule has 0 bridgehead atoms. The molecule has 0 aromatic carbocycles. The number of carbonyl (C=O) groups excluding carboxylic acids is 1. The van der Waals surface area contributed by atoms with Gasteiger partial charge >= 0.3 is 16.0 Å². The number of hydrogen-bond donors (Lipinski definition) is 0. The van der Waals surface area contributed by atoms with Crippen LogP contribution in [0.15, 0.2) is 12.2 Å². The molecule has 10 heavy (non-hydrogen) atoms. The van der Waals surface area contributed by atoms with Crippen molar-refractivity contribution in [2.45, 2.75) is 13.3 Å². The Kier molecular flexibility index (Phi) is 5.18. The summed E-state index contributed by atoms with van der Waals surface area (Å²) in [7, 11) is -0.380. The molecule has 0 rings (SSSR count). The molecule has 58 valence electrons. The lowest BCUT2D eigenvalue weighted by Gasteiger charge is -2.02. The Hall–Kier alpha value is -0.396. The first-order valence-electron chi connectivity index (χ1n) is 3.06. The average molecular weight is 176 g/mol. The lowest BCUT2D eigenvalue weighted by molar-refractivity contribution is -0.130. The minimum atomic E-state index is -1.03. The lowest BCUT2D eigenvalue weighted by Crippen LogP contribution is -2.11. The molecular formula is C5H12O3Si2. The zero-order chi connectivity index (χ0) is 7.98. The fourth-order valence-electron chi connectivity index (χ4n) is 0.359. The van der Waals surface area contributed by atoms with Crippen molar-refractivity contribution in [3.63, 3.8) is 0 Å². The predicted molar refractivity (Wildman–Crippen MR) is 45.1 cm³/mol. The van der Waals surface area contributed by atoms with E-state index in [0.717, 1.165) is 0 Å². The van der Waals surface area contributed by atoms with E-state index in [1.165, 1.54) is 0 Å². The summed E-state index contributed by atoms with van der Waals surface area (Å²) < 4.78 is 9.56. The fourth-order valence-corrected chi connectivity index (χ4v) is 1.14. The third-order valence-electron chi connectivity index (χ3n) is 1.02. The maximum absolute atomic E-state index is 10.8. The highest BCUT2D eigenvalue weighted by molar-refractivity contribution is 6.30. The minimum absolute atomic E-state index is 0.301. The molecule has 0 aliphatic rings. The molecule has 0 saturated carbocycles. The second kappa shape index (κ2) is 5.39. The first-order chi connectivity index (χ1) is 4.72. The molecule has 3 nitrogen and oxygen atoms in total. The van der Waals surface area contributed by atoms with Crippen molar-refractivity contribution >= 4 is 26.5 Å².